The molecule has 11 heteroatoms. The highest BCUT2D eigenvalue weighted by Gasteiger charge is 2.34. The van der Waals surface area contributed by atoms with E-state index in [1.807, 2.05) is 0 Å². The lowest BCUT2D eigenvalue weighted by Crippen LogP contribution is -2.32. The number of nitrogens with one attached hydrogen (secondary N) is 2. The van der Waals surface area contributed by atoms with E-state index in [-0.39, 0.29) is 17.9 Å². The van der Waals surface area contributed by atoms with Crippen molar-refractivity contribution in [2.75, 3.05) is 10.6 Å². The number of benzene rings is 2. The van der Waals surface area contributed by atoms with Gasteiger partial charge in [0.15, 0.2) is 0 Å². The summed E-state index contributed by atoms with van der Waals surface area (Å²) in [6, 6.07) is 8.21. The lowest BCUT2D eigenvalue weighted by Gasteiger charge is -2.24. The Hall–Kier alpha value is -2.82. The summed E-state index contributed by atoms with van der Waals surface area (Å²) in [6.07, 6.45) is -4.76. The number of rotatable bonds is 5. The van der Waals surface area contributed by atoms with E-state index < -0.39 is 35.4 Å². The number of hydrogen-bond acceptors (Lipinski definition) is 4. The number of alkyl halides is 5. The van der Waals surface area contributed by atoms with Crippen LogP contribution in [-0.2, 0) is 15.8 Å². The van der Waals surface area contributed by atoms with Crippen LogP contribution in [0.3, 0.4) is 0 Å². The normalized spacial score (nSPS) is 16.2. The van der Waals surface area contributed by atoms with Crippen LogP contribution in [-0.4, -0.2) is 23.7 Å². The number of ether oxygens (including phenoxy) is 1. The summed E-state index contributed by atoms with van der Waals surface area (Å²) >= 11 is 0.989. The summed E-state index contributed by atoms with van der Waals surface area (Å²) in [5, 5.41) is 4.08. The molecule has 0 bridgehead atoms. The average molecular weight is 432 g/mol. The van der Waals surface area contributed by atoms with Gasteiger partial charge < -0.3 is 15.4 Å². The molecule has 2 amide bonds. The zero-order valence-corrected chi connectivity index (χ0v) is 15.2. The quantitative estimate of drug-likeness (QED) is 0.670. The molecule has 154 valence electrons. The van der Waals surface area contributed by atoms with Crippen molar-refractivity contribution < 1.29 is 36.3 Å². The Morgan fingerprint density at radius 3 is 2.48 bits per heavy atom. The molecule has 29 heavy (non-hydrogen) atoms. The first-order chi connectivity index (χ1) is 13.6. The van der Waals surface area contributed by atoms with Gasteiger partial charge in [-0.15, -0.1) is 11.8 Å². The molecule has 2 N–H and O–H groups in total. The lowest BCUT2D eigenvalue weighted by molar-refractivity contribution is -0.137. The molecule has 0 spiro atoms. The van der Waals surface area contributed by atoms with Crippen molar-refractivity contribution in [2.45, 2.75) is 29.4 Å². The summed E-state index contributed by atoms with van der Waals surface area (Å²) in [6.45, 7) is -2.97. The molecule has 0 fully saturated rings. The summed E-state index contributed by atoms with van der Waals surface area (Å²) in [5.74, 6) is -1.18. The van der Waals surface area contributed by atoms with E-state index in [0.29, 0.717) is 10.6 Å². The molecule has 1 atom stereocenters. The van der Waals surface area contributed by atoms with Gasteiger partial charge in [0, 0.05) is 17.0 Å². The monoisotopic (exact) mass is 432 g/mol. The Morgan fingerprint density at radius 1 is 1.17 bits per heavy atom. The van der Waals surface area contributed by atoms with Crippen LogP contribution in [0.2, 0.25) is 0 Å². The van der Waals surface area contributed by atoms with E-state index in [4.69, 9.17) is 0 Å². The maximum atomic E-state index is 12.8. The van der Waals surface area contributed by atoms with Gasteiger partial charge in [-0.25, -0.2) is 0 Å². The predicted octanol–water partition coefficient (Wildman–Crippen LogP) is 4.75. The predicted molar refractivity (Wildman–Crippen MR) is 96.0 cm³/mol. The van der Waals surface area contributed by atoms with Crippen molar-refractivity contribution in [2.24, 2.45) is 0 Å². The summed E-state index contributed by atoms with van der Waals surface area (Å²) in [5.41, 5.74) is -0.526. The Kier molecular flexibility index (Phi) is 5.96. The second kappa shape index (κ2) is 8.27. The SMILES string of the molecule is O=C(C[C@@H]1Sc2ccc(C(F)(F)F)cc2NC1=O)Nc1ccc(OC(F)F)cc1. The van der Waals surface area contributed by atoms with Crippen molar-refractivity contribution in [3.63, 3.8) is 0 Å². The summed E-state index contributed by atoms with van der Waals surface area (Å²) in [4.78, 5) is 24.8. The molecular formula is C18H13F5N2O3S. The minimum absolute atomic E-state index is 0.0427. The van der Waals surface area contributed by atoms with Gasteiger partial charge in [0.25, 0.3) is 0 Å². The van der Waals surface area contributed by atoms with Gasteiger partial charge in [-0.2, -0.15) is 22.0 Å². The second-order valence-corrected chi connectivity index (χ2v) is 7.20. The Labute approximate surface area is 165 Å². The van der Waals surface area contributed by atoms with Gasteiger partial charge in [-0.1, -0.05) is 0 Å². The number of halogens is 5. The molecular weight excluding hydrogens is 419 g/mol. The highest BCUT2D eigenvalue weighted by molar-refractivity contribution is 8.01. The molecule has 0 aliphatic carbocycles. The molecule has 0 saturated heterocycles. The fourth-order valence-electron chi connectivity index (χ4n) is 2.56. The number of fused-ring (bicyclic) bond motifs is 1. The molecule has 1 aliphatic rings. The second-order valence-electron chi connectivity index (χ2n) is 5.96. The topological polar surface area (TPSA) is 67.4 Å². The molecule has 5 nitrogen and oxygen atoms in total. The molecule has 1 aliphatic heterocycles. The number of anilines is 2. The molecule has 2 aromatic rings. The van der Waals surface area contributed by atoms with Crippen LogP contribution in [0.5, 0.6) is 5.75 Å². The van der Waals surface area contributed by atoms with E-state index in [0.717, 1.165) is 23.9 Å². The van der Waals surface area contributed by atoms with Crippen LogP contribution >= 0.6 is 11.8 Å². The molecule has 3 rings (SSSR count). The van der Waals surface area contributed by atoms with Crippen LogP contribution in [0.4, 0.5) is 33.3 Å². The van der Waals surface area contributed by atoms with Crippen molar-refractivity contribution in [3.8, 4) is 5.75 Å². The Bertz CT molecular complexity index is 919. The van der Waals surface area contributed by atoms with Crippen LogP contribution in [0.1, 0.15) is 12.0 Å². The third-order valence-corrected chi connectivity index (χ3v) is 5.14. The Morgan fingerprint density at radius 2 is 1.86 bits per heavy atom. The Balaban J connectivity index is 1.62. The third kappa shape index (κ3) is 5.37. The molecule has 2 aromatic carbocycles. The van der Waals surface area contributed by atoms with E-state index in [9.17, 15) is 31.5 Å². The number of amides is 2. The fourth-order valence-corrected chi connectivity index (χ4v) is 3.65. The minimum atomic E-state index is -4.53. The standard InChI is InChI=1S/C18H13F5N2O3S/c19-17(20)28-11-4-2-10(3-5-11)24-15(26)8-14-16(27)25-12-7-9(18(21,22)23)1-6-13(12)29-14/h1-7,14,17H,8H2,(H,24,26)(H,25,27)/t14-/m0/s1. The average Bonchev–Trinajstić information content (AvgIpc) is 2.62. The van der Waals surface area contributed by atoms with Crippen LogP contribution in [0.25, 0.3) is 0 Å². The van der Waals surface area contributed by atoms with Crippen LogP contribution in [0.15, 0.2) is 47.4 Å². The highest BCUT2D eigenvalue weighted by Crippen LogP contribution is 2.40. The largest absolute Gasteiger partial charge is 0.435 e. The van der Waals surface area contributed by atoms with E-state index in [2.05, 4.69) is 15.4 Å². The van der Waals surface area contributed by atoms with Gasteiger partial charge in [-0.3, -0.25) is 9.59 Å². The highest BCUT2D eigenvalue weighted by atomic mass is 32.2. The van der Waals surface area contributed by atoms with Crippen LogP contribution in [0, 0.1) is 0 Å². The third-order valence-electron chi connectivity index (χ3n) is 3.86. The van der Waals surface area contributed by atoms with E-state index >= 15 is 0 Å². The first-order valence-electron chi connectivity index (χ1n) is 8.15. The zero-order valence-electron chi connectivity index (χ0n) is 14.4. The van der Waals surface area contributed by atoms with E-state index in [1.165, 1.54) is 30.3 Å². The molecule has 0 unspecified atom stereocenters. The van der Waals surface area contributed by atoms with Crippen molar-refractivity contribution in [1.29, 1.82) is 0 Å². The van der Waals surface area contributed by atoms with E-state index in [1.54, 1.807) is 0 Å². The fraction of sp³-hybridized carbons (Fsp3) is 0.222. The number of hydrogen-bond donors (Lipinski definition) is 2. The van der Waals surface area contributed by atoms with Crippen molar-refractivity contribution in [3.05, 3.63) is 48.0 Å². The zero-order chi connectivity index (χ0) is 21.2. The van der Waals surface area contributed by atoms with Gasteiger partial charge in [0.05, 0.1) is 16.5 Å². The van der Waals surface area contributed by atoms with Crippen LogP contribution < -0.4 is 15.4 Å². The maximum absolute atomic E-state index is 12.8. The maximum Gasteiger partial charge on any atom is 0.416 e. The number of thioether (sulfide) groups is 1. The first kappa shape index (κ1) is 20.9. The number of carbonyl (C=O) groups is 2. The molecule has 1 heterocycles. The van der Waals surface area contributed by atoms with Gasteiger partial charge >= 0.3 is 12.8 Å². The number of carbonyl (C=O) groups excluding carboxylic acids is 2. The molecule has 0 aromatic heterocycles. The molecule has 0 radical (unpaired) electrons. The van der Waals surface area contributed by atoms with Gasteiger partial charge in [0.2, 0.25) is 11.8 Å². The minimum Gasteiger partial charge on any atom is -0.435 e. The first-order valence-corrected chi connectivity index (χ1v) is 9.03. The molecule has 0 saturated carbocycles. The van der Waals surface area contributed by atoms with Gasteiger partial charge in [-0.05, 0) is 42.5 Å². The van der Waals surface area contributed by atoms with Gasteiger partial charge in [0.1, 0.15) is 5.75 Å². The van der Waals surface area contributed by atoms with Crippen molar-refractivity contribution in [1.82, 2.24) is 0 Å². The smallest absolute Gasteiger partial charge is 0.416 e. The lowest BCUT2D eigenvalue weighted by atomic mass is 10.1. The summed E-state index contributed by atoms with van der Waals surface area (Å²) in [7, 11) is 0. The van der Waals surface area contributed by atoms with Crippen molar-refractivity contribution >= 4 is 35.0 Å². The summed E-state index contributed by atoms with van der Waals surface area (Å²) < 4.78 is 66.8.